The zero-order valence-electron chi connectivity index (χ0n) is 18.3. The molecule has 0 fully saturated rings. The van der Waals surface area contributed by atoms with E-state index >= 15 is 0 Å². The molecule has 1 N–H and O–H groups in total. The van der Waals surface area contributed by atoms with Crippen LogP contribution in [0.5, 0.6) is 0 Å². The number of amides is 1. The zero-order chi connectivity index (χ0) is 22.9. The van der Waals surface area contributed by atoms with Gasteiger partial charge in [0.05, 0.1) is 18.2 Å². The van der Waals surface area contributed by atoms with Crippen LogP contribution in [0, 0.1) is 13.8 Å². The molecule has 5 rings (SSSR count). The van der Waals surface area contributed by atoms with Crippen molar-refractivity contribution < 1.29 is 13.6 Å². The van der Waals surface area contributed by atoms with Gasteiger partial charge in [0.25, 0.3) is 0 Å². The summed E-state index contributed by atoms with van der Waals surface area (Å²) >= 11 is 0. The van der Waals surface area contributed by atoms with Crippen LogP contribution in [0.15, 0.2) is 80.8 Å². The maximum absolute atomic E-state index is 12.8. The Morgan fingerprint density at radius 1 is 1.00 bits per heavy atom. The molecular formula is C27H22N2O4. The van der Waals surface area contributed by atoms with Crippen LogP contribution in [0.2, 0.25) is 0 Å². The molecule has 0 unspecified atom stereocenters. The van der Waals surface area contributed by atoms with Gasteiger partial charge < -0.3 is 14.2 Å². The molecule has 6 nitrogen and oxygen atoms in total. The van der Waals surface area contributed by atoms with Gasteiger partial charge >= 0.3 is 5.63 Å². The number of nitrogens with zero attached hydrogens (tertiary/aromatic N) is 1. The molecule has 0 aliphatic rings. The Hall–Kier alpha value is -4.19. The van der Waals surface area contributed by atoms with Gasteiger partial charge in [0.2, 0.25) is 5.91 Å². The minimum Gasteiger partial charge on any atom is -0.463 e. The van der Waals surface area contributed by atoms with E-state index in [-0.39, 0.29) is 12.3 Å². The van der Waals surface area contributed by atoms with Crippen molar-refractivity contribution in [2.24, 2.45) is 0 Å². The SMILES string of the molecule is Cc1c(CC(=O)NCc2cccnc2)c(=O)oc2c(C)c3occ(-c4ccccc4)c3cc12. The topological polar surface area (TPSA) is 85.3 Å². The van der Waals surface area contributed by atoms with Gasteiger partial charge in [-0.1, -0.05) is 36.4 Å². The highest BCUT2D eigenvalue weighted by molar-refractivity contribution is 6.05. The molecule has 0 saturated heterocycles. The van der Waals surface area contributed by atoms with Crippen molar-refractivity contribution in [1.29, 1.82) is 0 Å². The second kappa shape index (κ2) is 8.39. The number of carbonyl (C=O) groups excluding carboxylic acids is 1. The van der Waals surface area contributed by atoms with Gasteiger partial charge in [0.15, 0.2) is 0 Å². The largest absolute Gasteiger partial charge is 0.463 e. The number of fused-ring (bicyclic) bond motifs is 2. The number of aromatic nitrogens is 1. The third-order valence-corrected chi connectivity index (χ3v) is 5.98. The lowest BCUT2D eigenvalue weighted by molar-refractivity contribution is -0.120. The van der Waals surface area contributed by atoms with Crippen LogP contribution < -0.4 is 10.9 Å². The molecule has 3 aromatic heterocycles. The maximum atomic E-state index is 12.8. The Bertz CT molecular complexity index is 1530. The number of hydrogen-bond acceptors (Lipinski definition) is 5. The van der Waals surface area contributed by atoms with Crippen molar-refractivity contribution in [3.05, 3.63) is 99.9 Å². The average molecular weight is 438 g/mol. The number of hydrogen-bond donors (Lipinski definition) is 1. The third-order valence-electron chi connectivity index (χ3n) is 5.98. The predicted molar refractivity (Wildman–Crippen MR) is 127 cm³/mol. The Labute approximate surface area is 189 Å². The maximum Gasteiger partial charge on any atom is 0.340 e. The van der Waals surface area contributed by atoms with E-state index < -0.39 is 5.63 Å². The number of rotatable bonds is 5. The molecule has 0 saturated carbocycles. The van der Waals surface area contributed by atoms with Crippen molar-refractivity contribution in [3.63, 3.8) is 0 Å². The Morgan fingerprint density at radius 2 is 1.82 bits per heavy atom. The number of carbonyl (C=O) groups is 1. The molecular weight excluding hydrogens is 416 g/mol. The molecule has 3 heterocycles. The summed E-state index contributed by atoms with van der Waals surface area (Å²) in [7, 11) is 0. The molecule has 0 spiro atoms. The van der Waals surface area contributed by atoms with Crippen molar-refractivity contribution in [2.75, 3.05) is 0 Å². The Morgan fingerprint density at radius 3 is 2.58 bits per heavy atom. The highest BCUT2D eigenvalue weighted by Gasteiger charge is 2.20. The van der Waals surface area contributed by atoms with Crippen molar-refractivity contribution in [1.82, 2.24) is 10.3 Å². The van der Waals surface area contributed by atoms with Crippen molar-refractivity contribution >= 4 is 27.8 Å². The van der Waals surface area contributed by atoms with Crippen LogP contribution in [0.3, 0.4) is 0 Å². The summed E-state index contributed by atoms with van der Waals surface area (Å²) in [6, 6.07) is 15.7. The lowest BCUT2D eigenvalue weighted by Gasteiger charge is -2.11. The summed E-state index contributed by atoms with van der Waals surface area (Å²) in [5, 5.41) is 4.58. The molecule has 0 atom stereocenters. The number of furan rings is 1. The fourth-order valence-corrected chi connectivity index (χ4v) is 4.17. The first-order chi connectivity index (χ1) is 16.0. The van der Waals surface area contributed by atoms with E-state index in [0.717, 1.165) is 38.6 Å². The fourth-order valence-electron chi connectivity index (χ4n) is 4.17. The molecule has 0 aliphatic heterocycles. The summed E-state index contributed by atoms with van der Waals surface area (Å²) in [6.45, 7) is 4.09. The number of nitrogens with one attached hydrogen (secondary N) is 1. The van der Waals surface area contributed by atoms with Gasteiger partial charge in [-0.15, -0.1) is 0 Å². The Kier molecular flexibility index (Phi) is 5.26. The summed E-state index contributed by atoms with van der Waals surface area (Å²) in [6.07, 6.45) is 5.04. The van der Waals surface area contributed by atoms with E-state index in [1.54, 1.807) is 18.7 Å². The van der Waals surface area contributed by atoms with Gasteiger partial charge in [-0.05, 0) is 42.7 Å². The first kappa shape index (κ1) is 20.7. The smallest absolute Gasteiger partial charge is 0.340 e. The zero-order valence-corrected chi connectivity index (χ0v) is 18.3. The van der Waals surface area contributed by atoms with E-state index in [9.17, 15) is 9.59 Å². The van der Waals surface area contributed by atoms with E-state index in [2.05, 4.69) is 10.3 Å². The number of aryl methyl sites for hydroxylation is 2. The van der Waals surface area contributed by atoms with Crippen LogP contribution in [-0.2, 0) is 17.8 Å². The van der Waals surface area contributed by atoms with Crippen LogP contribution in [0.4, 0.5) is 0 Å². The molecule has 6 heteroatoms. The van der Waals surface area contributed by atoms with Gasteiger partial charge in [-0.25, -0.2) is 4.79 Å². The molecule has 2 aromatic carbocycles. The molecule has 1 amide bonds. The molecule has 0 aliphatic carbocycles. The van der Waals surface area contributed by atoms with Gasteiger partial charge in [-0.3, -0.25) is 9.78 Å². The quantitative estimate of drug-likeness (QED) is 0.387. The van der Waals surface area contributed by atoms with Gasteiger partial charge in [-0.2, -0.15) is 0 Å². The molecule has 0 radical (unpaired) electrons. The number of benzene rings is 2. The minimum absolute atomic E-state index is 0.0572. The van der Waals surface area contributed by atoms with Crippen molar-refractivity contribution in [3.8, 4) is 11.1 Å². The Balaban J connectivity index is 1.54. The average Bonchev–Trinajstić information content (AvgIpc) is 3.27. The fraction of sp³-hybridized carbons (Fsp3) is 0.148. The first-order valence-electron chi connectivity index (χ1n) is 10.7. The van der Waals surface area contributed by atoms with Crippen LogP contribution in [-0.4, -0.2) is 10.9 Å². The van der Waals surface area contributed by atoms with E-state index in [1.165, 1.54) is 0 Å². The second-order valence-corrected chi connectivity index (χ2v) is 8.08. The lowest BCUT2D eigenvalue weighted by Crippen LogP contribution is -2.27. The normalized spacial score (nSPS) is 11.2. The highest BCUT2D eigenvalue weighted by atomic mass is 16.4. The lowest BCUT2D eigenvalue weighted by atomic mass is 9.97. The molecule has 0 bridgehead atoms. The second-order valence-electron chi connectivity index (χ2n) is 8.08. The number of pyridine rings is 1. The minimum atomic E-state index is -0.506. The van der Waals surface area contributed by atoms with Crippen molar-refractivity contribution in [2.45, 2.75) is 26.8 Å². The summed E-state index contributed by atoms with van der Waals surface area (Å²) in [5.41, 5.74) is 5.42. The molecule has 33 heavy (non-hydrogen) atoms. The highest BCUT2D eigenvalue weighted by Crippen LogP contribution is 2.37. The summed E-state index contributed by atoms with van der Waals surface area (Å²) in [5.74, 6) is -0.250. The molecule has 5 aromatic rings. The molecule has 164 valence electrons. The third kappa shape index (κ3) is 3.80. The first-order valence-corrected chi connectivity index (χ1v) is 10.7. The van der Waals surface area contributed by atoms with Crippen LogP contribution in [0.25, 0.3) is 33.1 Å². The van der Waals surface area contributed by atoms with Crippen LogP contribution in [0.1, 0.15) is 22.3 Å². The van der Waals surface area contributed by atoms with E-state index in [1.807, 2.05) is 62.4 Å². The standard InChI is InChI=1S/C27H22N2O4/c1-16-20-11-22-23(19-8-4-3-5-9-19)15-32-25(22)17(2)26(20)33-27(31)21(16)12-24(30)29-14-18-7-6-10-28-13-18/h3-11,13,15H,12,14H2,1-2H3,(H,29,30). The van der Waals surface area contributed by atoms with E-state index in [0.29, 0.717) is 23.3 Å². The summed E-state index contributed by atoms with van der Waals surface area (Å²) < 4.78 is 11.5. The predicted octanol–water partition coefficient (Wildman–Crippen LogP) is 5.08. The van der Waals surface area contributed by atoms with Gasteiger partial charge in [0.1, 0.15) is 11.2 Å². The van der Waals surface area contributed by atoms with E-state index in [4.69, 9.17) is 8.83 Å². The summed E-state index contributed by atoms with van der Waals surface area (Å²) in [4.78, 5) is 29.4. The van der Waals surface area contributed by atoms with Crippen LogP contribution >= 0.6 is 0 Å². The monoisotopic (exact) mass is 438 g/mol. The van der Waals surface area contributed by atoms with Gasteiger partial charge in [0, 0.05) is 40.8 Å².